The molecule has 1 aliphatic heterocycles. The van der Waals surface area contributed by atoms with Gasteiger partial charge in [0, 0.05) is 18.7 Å². The van der Waals surface area contributed by atoms with Gasteiger partial charge in [0.15, 0.2) is 0 Å². The average molecular weight is 285 g/mol. The lowest BCUT2D eigenvalue weighted by atomic mass is 10.2. The van der Waals surface area contributed by atoms with Crippen LogP contribution in [0.15, 0.2) is 34.7 Å². The van der Waals surface area contributed by atoms with Crippen molar-refractivity contribution in [3.8, 4) is 0 Å². The average Bonchev–Trinajstić information content (AvgIpc) is 2.39. The van der Waals surface area contributed by atoms with Gasteiger partial charge in [-0.25, -0.2) is 12.8 Å². The number of aliphatic hydroxyl groups is 1. The van der Waals surface area contributed by atoms with Crippen molar-refractivity contribution < 1.29 is 17.9 Å². The fraction of sp³-hybridized carbons (Fsp3) is 0.385. The van der Waals surface area contributed by atoms with Crippen molar-refractivity contribution in [3.63, 3.8) is 0 Å². The van der Waals surface area contributed by atoms with Crippen molar-refractivity contribution in [2.75, 3.05) is 13.1 Å². The van der Waals surface area contributed by atoms with Crippen LogP contribution in [-0.2, 0) is 16.6 Å². The van der Waals surface area contributed by atoms with Crippen LogP contribution in [0.4, 0.5) is 4.39 Å². The number of aliphatic hydroxyl groups excluding tert-OH is 1. The Kier molecular flexibility index (Phi) is 4.03. The summed E-state index contributed by atoms with van der Waals surface area (Å²) in [5.74, 6) is -0.601. The molecule has 0 atom stereocenters. The predicted molar refractivity (Wildman–Crippen MR) is 69.5 cm³/mol. The summed E-state index contributed by atoms with van der Waals surface area (Å²) in [7, 11) is -3.63. The van der Waals surface area contributed by atoms with E-state index in [1.165, 1.54) is 16.4 Å². The fourth-order valence-electron chi connectivity index (χ4n) is 2.06. The molecule has 0 unspecified atom stereocenters. The van der Waals surface area contributed by atoms with Crippen LogP contribution in [0.25, 0.3) is 0 Å². The minimum atomic E-state index is -3.63. The van der Waals surface area contributed by atoms with Crippen LogP contribution in [0.3, 0.4) is 0 Å². The third-order valence-corrected chi connectivity index (χ3v) is 4.96. The minimum Gasteiger partial charge on any atom is -0.392 e. The van der Waals surface area contributed by atoms with E-state index in [0.717, 1.165) is 11.6 Å². The molecule has 104 valence electrons. The van der Waals surface area contributed by atoms with Gasteiger partial charge < -0.3 is 5.11 Å². The summed E-state index contributed by atoms with van der Waals surface area (Å²) < 4.78 is 39.5. The highest BCUT2D eigenvalue weighted by Gasteiger charge is 2.26. The number of hydrogen-bond donors (Lipinski definition) is 1. The SMILES string of the molecule is CC1=CCCN(S(=O)(=O)c2ccc(F)c(CO)c2)C1. The molecule has 0 aromatic heterocycles. The van der Waals surface area contributed by atoms with E-state index in [4.69, 9.17) is 5.11 Å². The molecule has 0 spiro atoms. The minimum absolute atomic E-state index is 0.00894. The number of hydrogen-bond acceptors (Lipinski definition) is 3. The topological polar surface area (TPSA) is 57.6 Å². The zero-order valence-electron chi connectivity index (χ0n) is 10.6. The molecule has 0 bridgehead atoms. The summed E-state index contributed by atoms with van der Waals surface area (Å²) in [6, 6.07) is 3.50. The molecule has 0 aliphatic carbocycles. The van der Waals surface area contributed by atoms with E-state index in [1.807, 2.05) is 13.0 Å². The third-order valence-electron chi connectivity index (χ3n) is 3.12. The first kappa shape index (κ1) is 14.2. The van der Waals surface area contributed by atoms with E-state index < -0.39 is 22.4 Å². The first-order valence-corrected chi connectivity index (χ1v) is 7.44. The predicted octanol–water partition coefficient (Wildman–Crippen LogP) is 1.66. The quantitative estimate of drug-likeness (QED) is 0.859. The molecule has 1 N–H and O–H groups in total. The standard InChI is InChI=1S/C13H16FNO3S/c1-10-3-2-6-15(8-10)19(17,18)12-4-5-13(14)11(7-12)9-16/h3-5,7,16H,2,6,8-9H2,1H3. The maximum Gasteiger partial charge on any atom is 0.243 e. The van der Waals surface area contributed by atoms with Crippen molar-refractivity contribution in [2.24, 2.45) is 0 Å². The van der Waals surface area contributed by atoms with Crippen molar-refractivity contribution in [1.29, 1.82) is 0 Å². The Balaban J connectivity index is 2.37. The second-order valence-corrected chi connectivity index (χ2v) is 6.53. The van der Waals surface area contributed by atoms with Crippen molar-refractivity contribution in [1.82, 2.24) is 4.31 Å². The maximum absolute atomic E-state index is 13.3. The van der Waals surface area contributed by atoms with Gasteiger partial charge in [0.1, 0.15) is 5.82 Å². The largest absolute Gasteiger partial charge is 0.392 e. The van der Waals surface area contributed by atoms with Crippen LogP contribution in [-0.4, -0.2) is 30.9 Å². The van der Waals surface area contributed by atoms with Gasteiger partial charge in [-0.3, -0.25) is 0 Å². The number of rotatable bonds is 3. The maximum atomic E-state index is 13.3. The van der Waals surface area contributed by atoms with Crippen LogP contribution in [0.5, 0.6) is 0 Å². The Hall–Kier alpha value is -1.24. The molecular formula is C13H16FNO3S. The lowest BCUT2D eigenvalue weighted by Crippen LogP contribution is -2.35. The number of halogens is 1. The highest BCUT2D eigenvalue weighted by Crippen LogP contribution is 2.22. The molecule has 0 radical (unpaired) electrons. The summed E-state index contributed by atoms with van der Waals surface area (Å²) in [6.45, 7) is 2.14. The summed E-state index contributed by atoms with van der Waals surface area (Å²) in [6.07, 6.45) is 2.69. The van der Waals surface area contributed by atoms with Crippen LogP contribution in [0.1, 0.15) is 18.9 Å². The molecule has 0 saturated heterocycles. The molecular weight excluding hydrogens is 269 g/mol. The first-order chi connectivity index (χ1) is 8.95. The van der Waals surface area contributed by atoms with Crippen molar-refractivity contribution in [3.05, 3.63) is 41.2 Å². The second-order valence-electron chi connectivity index (χ2n) is 4.59. The van der Waals surface area contributed by atoms with Gasteiger partial charge in [-0.05, 0) is 31.5 Å². The molecule has 0 saturated carbocycles. The first-order valence-electron chi connectivity index (χ1n) is 6.00. The summed E-state index contributed by atoms with van der Waals surface area (Å²) in [5.41, 5.74) is 0.990. The lowest BCUT2D eigenvalue weighted by Gasteiger charge is -2.25. The smallest absolute Gasteiger partial charge is 0.243 e. The molecule has 1 aromatic rings. The van der Waals surface area contributed by atoms with E-state index in [1.54, 1.807) is 0 Å². The summed E-state index contributed by atoms with van der Waals surface area (Å²) >= 11 is 0. The second kappa shape index (κ2) is 5.40. The molecule has 1 aliphatic rings. The van der Waals surface area contributed by atoms with Gasteiger partial charge in [0.25, 0.3) is 0 Å². The monoisotopic (exact) mass is 285 g/mol. The van der Waals surface area contributed by atoms with Gasteiger partial charge in [0.05, 0.1) is 11.5 Å². The van der Waals surface area contributed by atoms with E-state index in [9.17, 15) is 12.8 Å². The molecule has 4 nitrogen and oxygen atoms in total. The Bertz CT molecular complexity index is 610. The van der Waals surface area contributed by atoms with Gasteiger partial charge in [-0.1, -0.05) is 11.6 Å². The summed E-state index contributed by atoms with van der Waals surface area (Å²) in [5, 5.41) is 9.00. The highest BCUT2D eigenvalue weighted by molar-refractivity contribution is 7.89. The number of nitrogens with zero attached hydrogens (tertiary/aromatic N) is 1. The van der Waals surface area contributed by atoms with Crippen LogP contribution >= 0.6 is 0 Å². The Morgan fingerprint density at radius 2 is 2.16 bits per heavy atom. The zero-order chi connectivity index (χ0) is 14.0. The molecule has 6 heteroatoms. The molecule has 1 heterocycles. The zero-order valence-corrected chi connectivity index (χ0v) is 11.5. The van der Waals surface area contributed by atoms with E-state index >= 15 is 0 Å². The Morgan fingerprint density at radius 3 is 2.79 bits per heavy atom. The van der Waals surface area contributed by atoms with Crippen LogP contribution in [0, 0.1) is 5.82 Å². The normalized spacial score (nSPS) is 17.3. The fourth-order valence-corrected chi connectivity index (χ4v) is 3.61. The van der Waals surface area contributed by atoms with Gasteiger partial charge >= 0.3 is 0 Å². The van der Waals surface area contributed by atoms with E-state index in [-0.39, 0.29) is 10.5 Å². The molecule has 0 fully saturated rings. The Labute approximate surface area is 112 Å². The number of sulfonamides is 1. The van der Waals surface area contributed by atoms with Gasteiger partial charge in [0.2, 0.25) is 10.0 Å². The van der Waals surface area contributed by atoms with E-state index in [2.05, 4.69) is 0 Å². The van der Waals surface area contributed by atoms with Crippen LogP contribution < -0.4 is 0 Å². The van der Waals surface area contributed by atoms with Crippen LogP contribution in [0.2, 0.25) is 0 Å². The van der Waals surface area contributed by atoms with Gasteiger partial charge in [-0.15, -0.1) is 0 Å². The Morgan fingerprint density at radius 1 is 1.42 bits per heavy atom. The van der Waals surface area contributed by atoms with Crippen molar-refractivity contribution in [2.45, 2.75) is 24.8 Å². The highest BCUT2D eigenvalue weighted by atomic mass is 32.2. The summed E-state index contributed by atoms with van der Waals surface area (Å²) in [4.78, 5) is 0.0210. The molecule has 1 aromatic carbocycles. The number of benzene rings is 1. The molecule has 19 heavy (non-hydrogen) atoms. The molecule has 2 rings (SSSR count). The van der Waals surface area contributed by atoms with Crippen molar-refractivity contribution >= 4 is 10.0 Å². The third kappa shape index (κ3) is 2.86. The lowest BCUT2D eigenvalue weighted by molar-refractivity contribution is 0.275. The molecule has 0 amide bonds. The van der Waals surface area contributed by atoms with E-state index in [0.29, 0.717) is 19.5 Å². The van der Waals surface area contributed by atoms with Gasteiger partial charge in [-0.2, -0.15) is 4.31 Å².